The van der Waals surface area contributed by atoms with Crippen molar-refractivity contribution < 1.29 is 9.53 Å². The zero-order valence-corrected chi connectivity index (χ0v) is 17.3. The van der Waals surface area contributed by atoms with Gasteiger partial charge < -0.3 is 15.8 Å². The summed E-state index contributed by atoms with van der Waals surface area (Å²) in [6.07, 6.45) is 7.65. The van der Waals surface area contributed by atoms with Crippen molar-refractivity contribution in [2.24, 2.45) is 0 Å². The van der Waals surface area contributed by atoms with Gasteiger partial charge >= 0.3 is 0 Å². The molecule has 1 aromatic carbocycles. The van der Waals surface area contributed by atoms with Crippen molar-refractivity contribution in [2.75, 3.05) is 11.1 Å². The third-order valence-electron chi connectivity index (χ3n) is 4.55. The third kappa shape index (κ3) is 5.00. The van der Waals surface area contributed by atoms with E-state index in [0.717, 1.165) is 5.56 Å². The fraction of sp³-hybridized carbons (Fsp3) is 0.0435. The first kappa shape index (κ1) is 21.2. The molecule has 0 saturated heterocycles. The first-order chi connectivity index (χ1) is 16.0. The van der Waals surface area contributed by atoms with Crippen molar-refractivity contribution in [1.82, 2.24) is 24.7 Å². The lowest BCUT2D eigenvalue weighted by atomic mass is 10.1. The zero-order valence-electron chi connectivity index (χ0n) is 17.3. The Morgan fingerprint density at radius 3 is 2.82 bits per heavy atom. The van der Waals surface area contributed by atoms with Gasteiger partial charge in [-0.15, -0.1) is 0 Å². The van der Waals surface area contributed by atoms with Crippen LogP contribution in [0.2, 0.25) is 0 Å². The maximum absolute atomic E-state index is 11.9. The molecule has 3 heterocycles. The minimum absolute atomic E-state index is 0.202. The molecule has 0 bridgehead atoms. The highest BCUT2D eigenvalue weighted by atomic mass is 16.5. The summed E-state index contributed by atoms with van der Waals surface area (Å²) in [5.41, 5.74) is 8.50. The van der Waals surface area contributed by atoms with E-state index in [4.69, 9.17) is 15.7 Å². The van der Waals surface area contributed by atoms with Crippen LogP contribution < -0.4 is 15.8 Å². The molecule has 162 valence electrons. The molecule has 0 saturated carbocycles. The molecule has 1 amide bonds. The summed E-state index contributed by atoms with van der Waals surface area (Å²) < 4.78 is 7.69. The van der Waals surface area contributed by atoms with E-state index in [0.29, 0.717) is 29.1 Å². The van der Waals surface area contributed by atoms with Crippen LogP contribution in [0.4, 0.5) is 11.5 Å². The lowest BCUT2D eigenvalue weighted by Gasteiger charge is -2.11. The minimum Gasteiger partial charge on any atom is -0.436 e. The third-order valence-corrected chi connectivity index (χ3v) is 4.55. The molecule has 0 fully saturated rings. The maximum Gasteiger partial charge on any atom is 0.265 e. The zero-order chi connectivity index (χ0) is 23.2. The average molecular weight is 438 g/mol. The van der Waals surface area contributed by atoms with E-state index in [2.05, 4.69) is 31.9 Å². The van der Waals surface area contributed by atoms with Gasteiger partial charge in [0.05, 0.1) is 36.4 Å². The Labute approximate surface area is 189 Å². The van der Waals surface area contributed by atoms with E-state index in [9.17, 15) is 4.79 Å². The minimum atomic E-state index is -0.630. The lowest BCUT2D eigenvalue weighted by Crippen LogP contribution is -2.12. The first-order valence-corrected chi connectivity index (χ1v) is 9.74. The van der Waals surface area contributed by atoms with Gasteiger partial charge in [-0.25, -0.2) is 9.97 Å². The number of pyridine rings is 1. The van der Waals surface area contributed by atoms with Gasteiger partial charge in [0.15, 0.2) is 0 Å². The molecule has 4 rings (SSSR count). The van der Waals surface area contributed by atoms with Crippen LogP contribution in [-0.2, 0) is 11.3 Å². The van der Waals surface area contributed by atoms with Gasteiger partial charge in [0.1, 0.15) is 29.5 Å². The predicted octanol–water partition coefficient (Wildman–Crippen LogP) is 3.18. The second kappa shape index (κ2) is 9.40. The number of nitrogens with one attached hydrogen (secondary N) is 1. The molecule has 0 atom stereocenters. The highest BCUT2D eigenvalue weighted by Gasteiger charge is 2.17. The molecule has 10 heteroatoms. The Hall–Kier alpha value is -5.04. The van der Waals surface area contributed by atoms with Crippen LogP contribution in [0.3, 0.4) is 0 Å². The SMILES string of the molecule is C=C(C#N)C(=O)Nc1cncc(Oc2ncnc(N)c2-c2cnn(Cc3ccccc3)c2)c1. The monoisotopic (exact) mass is 438 g/mol. The summed E-state index contributed by atoms with van der Waals surface area (Å²) in [4.78, 5) is 24.2. The van der Waals surface area contributed by atoms with Crippen molar-refractivity contribution in [3.63, 3.8) is 0 Å². The maximum atomic E-state index is 11.9. The van der Waals surface area contributed by atoms with E-state index in [-0.39, 0.29) is 17.3 Å². The number of nitrogens with two attached hydrogens (primary N) is 1. The summed E-state index contributed by atoms with van der Waals surface area (Å²) in [5.74, 6) is 0.0936. The molecule has 3 N–H and O–H groups in total. The summed E-state index contributed by atoms with van der Waals surface area (Å²) in [7, 11) is 0. The highest BCUT2D eigenvalue weighted by Crippen LogP contribution is 2.35. The largest absolute Gasteiger partial charge is 0.436 e. The van der Waals surface area contributed by atoms with Gasteiger partial charge in [-0.05, 0) is 5.56 Å². The molecule has 0 aliphatic rings. The van der Waals surface area contributed by atoms with E-state index < -0.39 is 5.91 Å². The number of carbonyl (C=O) groups excluding carboxylic acids is 1. The number of benzene rings is 1. The molecule has 0 aliphatic heterocycles. The molecule has 4 aromatic rings. The number of ether oxygens (including phenoxy) is 1. The Bertz CT molecular complexity index is 1360. The van der Waals surface area contributed by atoms with Crippen LogP contribution in [0.5, 0.6) is 11.6 Å². The van der Waals surface area contributed by atoms with E-state index in [1.54, 1.807) is 16.9 Å². The highest BCUT2D eigenvalue weighted by molar-refractivity contribution is 6.06. The van der Waals surface area contributed by atoms with Crippen LogP contribution >= 0.6 is 0 Å². The molecule has 0 unspecified atom stereocenters. The number of amides is 1. The summed E-state index contributed by atoms with van der Waals surface area (Å²) in [5, 5.41) is 15.7. The molecule has 0 spiro atoms. The van der Waals surface area contributed by atoms with Crippen molar-refractivity contribution in [1.29, 1.82) is 5.26 Å². The average Bonchev–Trinajstić information content (AvgIpc) is 3.27. The van der Waals surface area contributed by atoms with Crippen LogP contribution in [0.25, 0.3) is 11.1 Å². The van der Waals surface area contributed by atoms with Crippen LogP contribution in [-0.4, -0.2) is 30.6 Å². The Morgan fingerprint density at radius 2 is 2.03 bits per heavy atom. The second-order valence-electron chi connectivity index (χ2n) is 6.91. The van der Waals surface area contributed by atoms with Crippen molar-refractivity contribution in [2.45, 2.75) is 6.54 Å². The molecule has 0 aliphatic carbocycles. The quantitative estimate of drug-likeness (QED) is 0.331. The Balaban J connectivity index is 1.58. The fourth-order valence-corrected chi connectivity index (χ4v) is 2.99. The van der Waals surface area contributed by atoms with E-state index >= 15 is 0 Å². The van der Waals surface area contributed by atoms with Gasteiger partial charge in [-0.2, -0.15) is 10.4 Å². The van der Waals surface area contributed by atoms with Crippen LogP contribution in [0.15, 0.2) is 79.7 Å². The van der Waals surface area contributed by atoms with Gasteiger partial charge in [0.25, 0.3) is 5.91 Å². The van der Waals surface area contributed by atoms with Gasteiger partial charge in [0.2, 0.25) is 5.88 Å². The molecule has 0 radical (unpaired) electrons. The predicted molar refractivity (Wildman–Crippen MR) is 121 cm³/mol. The summed E-state index contributed by atoms with van der Waals surface area (Å²) in [6, 6.07) is 13.2. The standard InChI is InChI=1S/C23H18N8O2/c1-15(8-24)22(32)30-18-7-19(11-26-10-18)33-23-20(21(25)27-14-28-23)17-9-29-31(13-17)12-16-5-3-2-4-6-16/h2-7,9-11,13-14H,1,12H2,(H,30,32)(H2,25,27,28). The topological polar surface area (TPSA) is 145 Å². The summed E-state index contributed by atoms with van der Waals surface area (Å²) in [6.45, 7) is 3.97. The van der Waals surface area contributed by atoms with Crippen molar-refractivity contribution in [3.05, 3.63) is 85.2 Å². The number of carbonyl (C=O) groups is 1. The lowest BCUT2D eigenvalue weighted by molar-refractivity contribution is -0.112. The molecule has 10 nitrogen and oxygen atoms in total. The smallest absolute Gasteiger partial charge is 0.265 e. The van der Waals surface area contributed by atoms with Crippen molar-refractivity contribution in [3.8, 4) is 28.8 Å². The fourth-order valence-electron chi connectivity index (χ4n) is 2.99. The Kier molecular flexibility index (Phi) is 6.04. The van der Waals surface area contributed by atoms with E-state index in [1.165, 1.54) is 24.8 Å². The number of anilines is 2. The molecular formula is C23H18N8O2. The van der Waals surface area contributed by atoms with Gasteiger partial charge in [0, 0.05) is 17.8 Å². The number of hydrogen-bond acceptors (Lipinski definition) is 8. The van der Waals surface area contributed by atoms with Gasteiger partial charge in [-0.1, -0.05) is 36.9 Å². The number of rotatable bonds is 7. The molecular weight excluding hydrogens is 420 g/mol. The number of nitriles is 1. The molecule has 3 aromatic heterocycles. The first-order valence-electron chi connectivity index (χ1n) is 9.74. The number of nitrogens with zero attached hydrogens (tertiary/aromatic N) is 6. The number of hydrogen-bond donors (Lipinski definition) is 2. The van der Waals surface area contributed by atoms with Crippen molar-refractivity contribution >= 4 is 17.4 Å². The summed E-state index contributed by atoms with van der Waals surface area (Å²) >= 11 is 0. The van der Waals surface area contributed by atoms with Gasteiger partial charge in [-0.3, -0.25) is 14.5 Å². The number of aromatic nitrogens is 5. The van der Waals surface area contributed by atoms with Crippen LogP contribution in [0, 0.1) is 11.3 Å². The Morgan fingerprint density at radius 1 is 1.21 bits per heavy atom. The molecule has 33 heavy (non-hydrogen) atoms. The second-order valence-corrected chi connectivity index (χ2v) is 6.91. The van der Waals surface area contributed by atoms with Crippen LogP contribution in [0.1, 0.15) is 5.56 Å². The normalized spacial score (nSPS) is 10.3. The van der Waals surface area contributed by atoms with E-state index in [1.807, 2.05) is 36.5 Å². The number of nitrogen functional groups attached to an aromatic ring is 1.